The molecule has 3 aliphatic carbocycles. The molecule has 1 spiro atoms. The second kappa shape index (κ2) is 11.8. The second-order valence-electron chi connectivity index (χ2n) is 16.4. The van der Waals surface area contributed by atoms with Crippen LogP contribution in [0.2, 0.25) is 0 Å². The fourth-order valence-corrected chi connectivity index (χ4v) is 10.8. The Morgan fingerprint density at radius 2 is 0.789 bits per heavy atom. The number of fused-ring (bicyclic) bond motifs is 12. The third-order valence-corrected chi connectivity index (χ3v) is 13.3. The molecule has 0 N–H and O–H groups in total. The van der Waals surface area contributed by atoms with Crippen LogP contribution in [0.25, 0.3) is 55.3 Å². The van der Waals surface area contributed by atoms with Crippen LogP contribution >= 0.6 is 0 Å². The van der Waals surface area contributed by atoms with Crippen molar-refractivity contribution < 1.29 is 0 Å². The predicted molar refractivity (Wildman–Crippen MR) is 238 cm³/mol. The van der Waals surface area contributed by atoms with Crippen molar-refractivity contribution in [3.05, 3.63) is 234 Å². The molecule has 9 aromatic carbocycles. The van der Waals surface area contributed by atoms with Crippen LogP contribution in [0.15, 0.2) is 200 Å². The first kappa shape index (κ1) is 32.3. The molecule has 1 unspecified atom stereocenters. The van der Waals surface area contributed by atoms with Crippen molar-refractivity contribution in [2.45, 2.75) is 24.7 Å². The minimum Gasteiger partial charge on any atom is -0.310 e. The van der Waals surface area contributed by atoms with E-state index in [2.05, 4.69) is 219 Å². The summed E-state index contributed by atoms with van der Waals surface area (Å²) in [6, 6.07) is 75.0. The number of rotatable bonds is 4. The molecule has 268 valence electrons. The van der Waals surface area contributed by atoms with Gasteiger partial charge in [-0.05, 0) is 125 Å². The Bertz CT molecular complexity index is 3100. The Labute approximate surface area is 334 Å². The summed E-state index contributed by atoms with van der Waals surface area (Å²) in [6.45, 7) is 4.74. The first-order valence-corrected chi connectivity index (χ1v) is 20.1. The summed E-state index contributed by atoms with van der Waals surface area (Å²) in [7, 11) is 0. The molecule has 0 amide bonds. The summed E-state index contributed by atoms with van der Waals surface area (Å²) in [5.74, 6) is 0. The fourth-order valence-electron chi connectivity index (χ4n) is 10.8. The van der Waals surface area contributed by atoms with E-state index >= 15 is 0 Å². The van der Waals surface area contributed by atoms with Gasteiger partial charge in [0.25, 0.3) is 0 Å². The van der Waals surface area contributed by atoms with E-state index in [0.717, 1.165) is 17.1 Å². The van der Waals surface area contributed by atoms with Crippen LogP contribution in [0.1, 0.15) is 47.2 Å². The number of hydrogen-bond acceptors (Lipinski definition) is 1. The van der Waals surface area contributed by atoms with Crippen LogP contribution in [0.4, 0.5) is 17.1 Å². The molecule has 12 rings (SSSR count). The van der Waals surface area contributed by atoms with Gasteiger partial charge < -0.3 is 4.90 Å². The molecule has 1 heteroatoms. The summed E-state index contributed by atoms with van der Waals surface area (Å²) >= 11 is 0. The molecule has 1 nitrogen and oxygen atoms in total. The van der Waals surface area contributed by atoms with Gasteiger partial charge >= 0.3 is 0 Å². The molecular weight excluding hydrogens is 687 g/mol. The third-order valence-electron chi connectivity index (χ3n) is 13.3. The largest absolute Gasteiger partial charge is 0.310 e. The van der Waals surface area contributed by atoms with Crippen LogP contribution in [0.3, 0.4) is 0 Å². The summed E-state index contributed by atoms with van der Waals surface area (Å²) in [5.41, 5.74) is 21.3. The van der Waals surface area contributed by atoms with Gasteiger partial charge in [-0.1, -0.05) is 178 Å². The highest BCUT2D eigenvalue weighted by Crippen LogP contribution is 2.63. The van der Waals surface area contributed by atoms with E-state index in [1.807, 2.05) is 0 Å². The maximum atomic E-state index is 2.51. The van der Waals surface area contributed by atoms with Gasteiger partial charge in [0, 0.05) is 22.5 Å². The van der Waals surface area contributed by atoms with Crippen LogP contribution < -0.4 is 4.90 Å². The molecule has 0 saturated heterocycles. The van der Waals surface area contributed by atoms with E-state index in [0.29, 0.717) is 0 Å². The van der Waals surface area contributed by atoms with Gasteiger partial charge in [-0.2, -0.15) is 0 Å². The van der Waals surface area contributed by atoms with Crippen molar-refractivity contribution in [1.82, 2.24) is 0 Å². The monoisotopic (exact) mass is 725 g/mol. The highest BCUT2D eigenvalue weighted by atomic mass is 15.1. The highest BCUT2D eigenvalue weighted by Gasteiger charge is 2.50. The Morgan fingerprint density at radius 3 is 1.47 bits per heavy atom. The van der Waals surface area contributed by atoms with Crippen molar-refractivity contribution in [1.29, 1.82) is 0 Å². The average molecular weight is 726 g/mol. The molecule has 57 heavy (non-hydrogen) atoms. The van der Waals surface area contributed by atoms with E-state index in [1.54, 1.807) is 0 Å². The van der Waals surface area contributed by atoms with Crippen molar-refractivity contribution in [3.63, 3.8) is 0 Å². The molecular formula is C56H39N. The fraction of sp³-hybridized carbons (Fsp3) is 0.0714. The lowest BCUT2D eigenvalue weighted by atomic mass is 9.61. The number of hydrogen-bond donors (Lipinski definition) is 0. The Morgan fingerprint density at radius 1 is 0.316 bits per heavy atom. The molecule has 0 aromatic heterocycles. The minimum atomic E-state index is -0.524. The molecule has 1 atom stereocenters. The van der Waals surface area contributed by atoms with Gasteiger partial charge in [0.2, 0.25) is 0 Å². The van der Waals surface area contributed by atoms with Crippen molar-refractivity contribution in [3.8, 4) is 44.5 Å². The summed E-state index contributed by atoms with van der Waals surface area (Å²) < 4.78 is 0. The lowest BCUT2D eigenvalue weighted by molar-refractivity contribution is 0.660. The van der Waals surface area contributed by atoms with E-state index < -0.39 is 5.41 Å². The van der Waals surface area contributed by atoms with Crippen LogP contribution in [0, 0.1) is 0 Å². The molecule has 0 aliphatic heterocycles. The predicted octanol–water partition coefficient (Wildman–Crippen LogP) is 14.6. The van der Waals surface area contributed by atoms with Crippen molar-refractivity contribution >= 4 is 27.8 Å². The average Bonchev–Trinajstić information content (AvgIpc) is 3.68. The minimum absolute atomic E-state index is 0.107. The lowest BCUT2D eigenvalue weighted by Crippen LogP contribution is -2.32. The van der Waals surface area contributed by atoms with Crippen LogP contribution in [0.5, 0.6) is 0 Å². The van der Waals surface area contributed by atoms with Crippen LogP contribution in [-0.4, -0.2) is 0 Å². The van der Waals surface area contributed by atoms with Gasteiger partial charge in [0.15, 0.2) is 0 Å². The zero-order chi connectivity index (χ0) is 37.9. The second-order valence-corrected chi connectivity index (χ2v) is 16.4. The summed E-state index contributed by atoms with van der Waals surface area (Å²) in [5, 5.41) is 2.63. The molecule has 0 bridgehead atoms. The first-order chi connectivity index (χ1) is 28.0. The Balaban J connectivity index is 1.14. The number of anilines is 3. The van der Waals surface area contributed by atoms with Gasteiger partial charge in [-0.25, -0.2) is 0 Å². The smallest absolute Gasteiger partial charge is 0.0726 e. The van der Waals surface area contributed by atoms with E-state index in [-0.39, 0.29) is 5.41 Å². The molecule has 0 fully saturated rings. The van der Waals surface area contributed by atoms with Crippen molar-refractivity contribution in [2.75, 3.05) is 4.90 Å². The number of para-hydroxylation sites is 1. The zero-order valence-corrected chi connectivity index (χ0v) is 32.0. The zero-order valence-electron chi connectivity index (χ0n) is 32.0. The highest BCUT2D eigenvalue weighted by molar-refractivity contribution is 6.11. The topological polar surface area (TPSA) is 3.24 Å². The van der Waals surface area contributed by atoms with E-state index in [9.17, 15) is 0 Å². The number of benzene rings is 9. The van der Waals surface area contributed by atoms with Gasteiger partial charge in [0.1, 0.15) is 0 Å². The van der Waals surface area contributed by atoms with Gasteiger partial charge in [-0.3, -0.25) is 0 Å². The Hall–Kier alpha value is -6.96. The van der Waals surface area contributed by atoms with Gasteiger partial charge in [0.05, 0.1) is 5.41 Å². The normalized spacial score (nSPS) is 16.1. The maximum absolute atomic E-state index is 2.51. The maximum Gasteiger partial charge on any atom is 0.0726 e. The summed E-state index contributed by atoms with van der Waals surface area (Å²) in [6.07, 6.45) is 0. The molecule has 9 aromatic rings. The molecule has 0 radical (unpaired) electrons. The molecule has 0 heterocycles. The standard InChI is InChI=1S/C56H39N/c1-55(2)48-24-12-9-20-41(48)44-30-28-38(34-52(44)55)57(37-18-7-4-8-19-37)39-29-31-45-42-21-10-13-25-49(42)56(53(45)35-39)50-26-14-11-22-43(50)47-33-32-40(36-16-5-3-6-17-36)46-23-15-27-51(56)54(46)47/h3-35H,1-2H3. The number of nitrogens with zero attached hydrogens (tertiary/aromatic N) is 1. The molecule has 0 saturated carbocycles. The third kappa shape index (κ3) is 4.29. The SMILES string of the molecule is CC1(C)c2ccccc2-c2ccc(N(c3ccccc3)c3ccc4c(c3)C3(c5ccccc5-4)c4ccccc4-c4ccc(-c5ccccc5)c5cccc3c45)cc21. The lowest BCUT2D eigenvalue weighted by Gasteiger charge is -2.40. The quantitative estimate of drug-likeness (QED) is 0.175. The summed E-state index contributed by atoms with van der Waals surface area (Å²) in [4.78, 5) is 2.47. The Kier molecular flexibility index (Phi) is 6.67. The van der Waals surface area contributed by atoms with Crippen LogP contribution in [-0.2, 0) is 10.8 Å². The first-order valence-electron chi connectivity index (χ1n) is 20.1. The molecule has 3 aliphatic rings. The van der Waals surface area contributed by atoms with Crippen molar-refractivity contribution in [2.24, 2.45) is 0 Å². The van der Waals surface area contributed by atoms with E-state index in [1.165, 1.54) is 88.7 Å². The van der Waals surface area contributed by atoms with Gasteiger partial charge in [-0.15, -0.1) is 0 Å². The van der Waals surface area contributed by atoms with E-state index in [4.69, 9.17) is 0 Å².